The Bertz CT molecular complexity index is 363. The number of amides is 1. The van der Waals surface area contributed by atoms with E-state index in [1.165, 1.54) is 4.90 Å². The molecule has 6 heteroatoms. The topological polar surface area (TPSA) is 87.1 Å². The summed E-state index contributed by atoms with van der Waals surface area (Å²) in [5.74, 6) is -1.33. The van der Waals surface area contributed by atoms with Crippen LogP contribution >= 0.6 is 0 Å². The fourth-order valence-corrected chi connectivity index (χ4v) is 2.18. The van der Waals surface area contributed by atoms with Crippen LogP contribution in [0, 0.1) is 5.92 Å². The number of likely N-dealkylation sites (tertiary alicyclic amines) is 1. The van der Waals surface area contributed by atoms with E-state index in [4.69, 9.17) is 9.84 Å². The second-order valence-electron chi connectivity index (χ2n) is 6.25. The first-order chi connectivity index (χ1) is 8.53. The Labute approximate surface area is 113 Å². The van der Waals surface area contributed by atoms with Gasteiger partial charge < -0.3 is 19.8 Å². The number of hydrogen-bond acceptors (Lipinski definition) is 4. The molecule has 1 aliphatic heterocycles. The fraction of sp³-hybridized carbons (Fsp3) is 0.846. The van der Waals surface area contributed by atoms with Gasteiger partial charge in [0.25, 0.3) is 0 Å². The molecule has 0 radical (unpaired) electrons. The van der Waals surface area contributed by atoms with E-state index in [1.54, 1.807) is 27.7 Å². The summed E-state index contributed by atoms with van der Waals surface area (Å²) in [6.07, 6.45) is -0.465. The molecular formula is C13H23NO5. The maximum absolute atomic E-state index is 11.9. The third-order valence-electron chi connectivity index (χ3n) is 3.34. The van der Waals surface area contributed by atoms with Gasteiger partial charge in [-0.3, -0.25) is 4.79 Å². The van der Waals surface area contributed by atoms with Gasteiger partial charge in [-0.05, 0) is 27.2 Å². The van der Waals surface area contributed by atoms with Crippen molar-refractivity contribution in [3.05, 3.63) is 0 Å². The SMILES string of the molecule is CC1CN(C(=O)OC(C)(C)C)CCC1(O)CC(=O)O. The van der Waals surface area contributed by atoms with Gasteiger partial charge in [0.15, 0.2) is 0 Å². The third-order valence-corrected chi connectivity index (χ3v) is 3.34. The molecule has 1 aliphatic rings. The van der Waals surface area contributed by atoms with Gasteiger partial charge in [0.1, 0.15) is 5.60 Å². The van der Waals surface area contributed by atoms with Gasteiger partial charge in [-0.15, -0.1) is 0 Å². The molecule has 1 rings (SSSR count). The van der Waals surface area contributed by atoms with Crippen LogP contribution in [-0.2, 0) is 9.53 Å². The molecule has 110 valence electrons. The maximum atomic E-state index is 11.9. The van der Waals surface area contributed by atoms with Gasteiger partial charge in [-0.2, -0.15) is 0 Å². The Balaban J connectivity index is 2.63. The van der Waals surface area contributed by atoms with Crippen molar-refractivity contribution in [1.29, 1.82) is 0 Å². The van der Waals surface area contributed by atoms with Crippen molar-refractivity contribution in [2.45, 2.75) is 51.7 Å². The van der Waals surface area contributed by atoms with E-state index in [0.29, 0.717) is 13.1 Å². The molecule has 0 saturated carbocycles. The van der Waals surface area contributed by atoms with E-state index in [2.05, 4.69) is 0 Å². The number of rotatable bonds is 2. The molecule has 0 aromatic rings. The fourth-order valence-electron chi connectivity index (χ4n) is 2.18. The van der Waals surface area contributed by atoms with Crippen molar-refractivity contribution >= 4 is 12.1 Å². The quantitative estimate of drug-likeness (QED) is 0.795. The smallest absolute Gasteiger partial charge is 0.410 e. The molecule has 0 aromatic carbocycles. The summed E-state index contributed by atoms with van der Waals surface area (Å²) in [7, 11) is 0. The van der Waals surface area contributed by atoms with Gasteiger partial charge in [-0.25, -0.2) is 4.79 Å². The lowest BCUT2D eigenvalue weighted by Crippen LogP contribution is -2.54. The largest absolute Gasteiger partial charge is 0.481 e. The molecule has 0 bridgehead atoms. The molecule has 1 amide bonds. The number of nitrogens with zero attached hydrogens (tertiary/aromatic N) is 1. The van der Waals surface area contributed by atoms with Gasteiger partial charge in [0.2, 0.25) is 0 Å². The summed E-state index contributed by atoms with van der Waals surface area (Å²) in [6, 6.07) is 0. The third kappa shape index (κ3) is 4.38. The minimum Gasteiger partial charge on any atom is -0.481 e. The molecule has 0 aliphatic carbocycles. The molecule has 6 nitrogen and oxygen atoms in total. The van der Waals surface area contributed by atoms with Gasteiger partial charge in [0.05, 0.1) is 12.0 Å². The molecular weight excluding hydrogens is 250 g/mol. The highest BCUT2D eigenvalue weighted by atomic mass is 16.6. The number of carbonyl (C=O) groups excluding carboxylic acids is 1. The molecule has 1 fully saturated rings. The average molecular weight is 273 g/mol. The van der Waals surface area contributed by atoms with Crippen LogP contribution in [-0.4, -0.2) is 51.5 Å². The summed E-state index contributed by atoms with van der Waals surface area (Å²) < 4.78 is 5.26. The number of hydrogen-bond donors (Lipinski definition) is 2. The van der Waals surface area contributed by atoms with E-state index < -0.39 is 23.3 Å². The first-order valence-electron chi connectivity index (χ1n) is 6.45. The Morgan fingerprint density at radius 3 is 2.42 bits per heavy atom. The number of piperidine rings is 1. The van der Waals surface area contributed by atoms with Crippen LogP contribution < -0.4 is 0 Å². The highest BCUT2D eigenvalue weighted by molar-refractivity contribution is 5.69. The van der Waals surface area contributed by atoms with E-state index in [9.17, 15) is 14.7 Å². The zero-order valence-electron chi connectivity index (χ0n) is 12.0. The van der Waals surface area contributed by atoms with E-state index in [0.717, 1.165) is 0 Å². The molecule has 1 heterocycles. The first kappa shape index (κ1) is 15.8. The Kier molecular flexibility index (Phi) is 4.45. The molecule has 0 aromatic heterocycles. The van der Waals surface area contributed by atoms with Crippen LogP contribution in [0.2, 0.25) is 0 Å². The van der Waals surface area contributed by atoms with Crippen LogP contribution in [0.3, 0.4) is 0 Å². The Morgan fingerprint density at radius 2 is 2.00 bits per heavy atom. The van der Waals surface area contributed by atoms with Gasteiger partial charge in [-0.1, -0.05) is 6.92 Å². The summed E-state index contributed by atoms with van der Waals surface area (Å²) in [5.41, 5.74) is -1.81. The molecule has 1 saturated heterocycles. The van der Waals surface area contributed by atoms with Crippen molar-refractivity contribution in [3.8, 4) is 0 Å². The summed E-state index contributed by atoms with van der Waals surface area (Å²) in [4.78, 5) is 24.2. The van der Waals surface area contributed by atoms with Crippen LogP contribution in [0.15, 0.2) is 0 Å². The second kappa shape index (κ2) is 5.36. The molecule has 2 N–H and O–H groups in total. The number of aliphatic hydroxyl groups is 1. The lowest BCUT2D eigenvalue weighted by Gasteiger charge is -2.42. The monoisotopic (exact) mass is 273 g/mol. The van der Waals surface area contributed by atoms with Crippen LogP contribution in [0.4, 0.5) is 4.79 Å². The molecule has 0 spiro atoms. The van der Waals surface area contributed by atoms with Gasteiger partial charge >= 0.3 is 12.1 Å². The molecule has 2 unspecified atom stereocenters. The number of ether oxygens (including phenoxy) is 1. The first-order valence-corrected chi connectivity index (χ1v) is 6.45. The highest BCUT2D eigenvalue weighted by Crippen LogP contribution is 2.31. The average Bonchev–Trinajstić information content (AvgIpc) is 2.18. The molecule has 2 atom stereocenters. The minimum absolute atomic E-state index is 0.250. The van der Waals surface area contributed by atoms with Crippen LogP contribution in [0.1, 0.15) is 40.5 Å². The van der Waals surface area contributed by atoms with E-state index >= 15 is 0 Å². The van der Waals surface area contributed by atoms with Gasteiger partial charge in [0, 0.05) is 19.0 Å². The zero-order chi connectivity index (χ0) is 14.8. The minimum atomic E-state index is -1.25. The maximum Gasteiger partial charge on any atom is 0.410 e. The van der Waals surface area contributed by atoms with Crippen LogP contribution in [0.25, 0.3) is 0 Å². The second-order valence-corrected chi connectivity index (χ2v) is 6.25. The summed E-state index contributed by atoms with van der Waals surface area (Å²) in [5, 5.41) is 19.1. The van der Waals surface area contributed by atoms with Crippen molar-refractivity contribution in [2.24, 2.45) is 5.92 Å². The van der Waals surface area contributed by atoms with Crippen LogP contribution in [0.5, 0.6) is 0 Å². The van der Waals surface area contributed by atoms with Crippen molar-refractivity contribution in [2.75, 3.05) is 13.1 Å². The molecule has 19 heavy (non-hydrogen) atoms. The normalized spacial score (nSPS) is 28.1. The lowest BCUT2D eigenvalue weighted by atomic mass is 9.80. The lowest BCUT2D eigenvalue weighted by molar-refractivity contribution is -0.148. The zero-order valence-corrected chi connectivity index (χ0v) is 12.0. The number of carboxylic acid groups (broad SMARTS) is 1. The predicted molar refractivity (Wildman–Crippen MR) is 68.8 cm³/mol. The Hall–Kier alpha value is -1.30. The van der Waals surface area contributed by atoms with Crippen molar-refractivity contribution in [1.82, 2.24) is 4.90 Å². The summed E-state index contributed by atoms with van der Waals surface area (Å²) in [6.45, 7) is 7.73. The van der Waals surface area contributed by atoms with Crippen molar-refractivity contribution < 1.29 is 24.5 Å². The highest BCUT2D eigenvalue weighted by Gasteiger charge is 2.42. The number of aliphatic carboxylic acids is 1. The summed E-state index contributed by atoms with van der Waals surface area (Å²) >= 11 is 0. The number of carbonyl (C=O) groups is 2. The van der Waals surface area contributed by atoms with E-state index in [-0.39, 0.29) is 18.8 Å². The predicted octanol–water partition coefficient (Wildman–Crippen LogP) is 1.47. The van der Waals surface area contributed by atoms with E-state index in [1.807, 2.05) is 0 Å². The van der Waals surface area contributed by atoms with Crippen molar-refractivity contribution in [3.63, 3.8) is 0 Å². The standard InChI is InChI=1S/C13H23NO5/c1-9-8-14(11(17)19-12(2,3)4)6-5-13(9,18)7-10(15)16/h9,18H,5-8H2,1-4H3,(H,15,16). The Morgan fingerprint density at radius 1 is 1.42 bits per heavy atom. The number of carboxylic acids is 1.